The van der Waals surface area contributed by atoms with Crippen molar-refractivity contribution in [3.63, 3.8) is 0 Å². The van der Waals surface area contributed by atoms with Crippen LogP contribution in [0.5, 0.6) is 0 Å². The average Bonchev–Trinajstić information content (AvgIpc) is 2.33. The van der Waals surface area contributed by atoms with Crippen molar-refractivity contribution >= 4 is 0 Å². The highest BCUT2D eigenvalue weighted by molar-refractivity contribution is 5.07. The summed E-state index contributed by atoms with van der Waals surface area (Å²) in [6.45, 7) is 0. The first kappa shape index (κ1) is 13.9. The smallest absolute Gasteiger partial charge is 0.136 e. The molecule has 1 fully saturated rings. The van der Waals surface area contributed by atoms with Crippen molar-refractivity contribution in [1.82, 2.24) is 0 Å². The Bertz CT molecular complexity index is 287. The lowest BCUT2D eigenvalue weighted by Crippen LogP contribution is -2.23. The summed E-state index contributed by atoms with van der Waals surface area (Å²) >= 11 is 0. The number of azide groups is 1. The fourth-order valence-electron chi connectivity index (χ4n) is 2.52. The Labute approximate surface area is 104 Å². The molecule has 17 heavy (non-hydrogen) atoms. The predicted octanol–water partition coefficient (Wildman–Crippen LogP) is 4.86. The second kappa shape index (κ2) is 7.97. The fourth-order valence-corrected chi connectivity index (χ4v) is 2.52. The summed E-state index contributed by atoms with van der Waals surface area (Å²) in [5.41, 5.74) is 7.84. The van der Waals surface area contributed by atoms with Crippen LogP contribution in [0.25, 0.3) is 10.4 Å². The Kier molecular flexibility index (Phi) is 6.50. The van der Waals surface area contributed by atoms with Gasteiger partial charge in [-0.05, 0) is 18.4 Å². The molecule has 0 aromatic rings. The Morgan fingerprint density at radius 2 is 1.29 bits per heavy atom. The van der Waals surface area contributed by atoms with Gasteiger partial charge in [0, 0.05) is 4.91 Å². The Balaban J connectivity index is 2.58. The van der Waals surface area contributed by atoms with Gasteiger partial charge in [0.2, 0.25) is 0 Å². The van der Waals surface area contributed by atoms with Gasteiger partial charge in [0.15, 0.2) is 0 Å². The van der Waals surface area contributed by atoms with Gasteiger partial charge < -0.3 is 0 Å². The molecule has 0 saturated heterocycles. The van der Waals surface area contributed by atoms with Gasteiger partial charge in [-0.25, -0.2) is 0 Å². The van der Waals surface area contributed by atoms with Gasteiger partial charge >= 0.3 is 0 Å². The normalized spacial score (nSPS) is 22.3. The summed E-state index contributed by atoms with van der Waals surface area (Å²) in [6.07, 6.45) is 12.2. The number of rotatable bonds is 1. The number of hydrogen-bond acceptors (Lipinski definition) is 2. The van der Waals surface area contributed by atoms with Gasteiger partial charge in [0.1, 0.15) is 5.54 Å². The maximum atomic E-state index is 9.26. The van der Waals surface area contributed by atoms with E-state index in [0.29, 0.717) is 0 Å². The minimum absolute atomic E-state index is 0.730. The molecule has 0 heterocycles. The van der Waals surface area contributed by atoms with Crippen LogP contribution in [-0.2, 0) is 0 Å². The predicted molar refractivity (Wildman–Crippen MR) is 68.3 cm³/mol. The lowest BCUT2D eigenvalue weighted by atomic mass is 9.87. The molecule has 0 aromatic carbocycles. The minimum Gasteiger partial charge on any atom is -0.198 e. The van der Waals surface area contributed by atoms with Gasteiger partial charge in [-0.3, -0.25) is 0 Å². The molecule has 4 nitrogen and oxygen atoms in total. The summed E-state index contributed by atoms with van der Waals surface area (Å²) < 4.78 is 0. The maximum Gasteiger partial charge on any atom is 0.136 e. The van der Waals surface area contributed by atoms with Crippen molar-refractivity contribution in [3.8, 4) is 6.07 Å². The highest BCUT2D eigenvalue weighted by Crippen LogP contribution is 2.27. The molecule has 1 aliphatic rings. The van der Waals surface area contributed by atoms with Crippen LogP contribution in [0, 0.1) is 11.3 Å². The lowest BCUT2D eigenvalue weighted by molar-refractivity contribution is 0.401. The zero-order valence-electron chi connectivity index (χ0n) is 10.6. The van der Waals surface area contributed by atoms with Gasteiger partial charge in [0.05, 0.1) is 6.07 Å². The van der Waals surface area contributed by atoms with Gasteiger partial charge in [-0.15, -0.1) is 0 Å². The highest BCUT2D eigenvalue weighted by Gasteiger charge is 2.27. The van der Waals surface area contributed by atoms with Crippen LogP contribution in [0.1, 0.15) is 70.6 Å². The van der Waals surface area contributed by atoms with Crippen molar-refractivity contribution in [3.05, 3.63) is 10.4 Å². The minimum atomic E-state index is -0.770. The SMILES string of the molecule is N#CC1(N=[N+]=[N-])CCCCCCCCCCC1. The first-order valence-corrected chi connectivity index (χ1v) is 6.80. The monoisotopic (exact) mass is 234 g/mol. The summed E-state index contributed by atoms with van der Waals surface area (Å²) in [6, 6.07) is 2.25. The maximum absolute atomic E-state index is 9.26. The van der Waals surface area contributed by atoms with Crippen LogP contribution >= 0.6 is 0 Å². The van der Waals surface area contributed by atoms with E-state index in [9.17, 15) is 5.26 Å². The number of hydrogen-bond donors (Lipinski definition) is 0. The zero-order valence-corrected chi connectivity index (χ0v) is 10.6. The number of nitrogens with zero attached hydrogens (tertiary/aromatic N) is 4. The van der Waals surface area contributed by atoms with Gasteiger partial charge in [-0.1, -0.05) is 62.9 Å². The van der Waals surface area contributed by atoms with Crippen LogP contribution in [0.2, 0.25) is 0 Å². The topological polar surface area (TPSA) is 72.5 Å². The van der Waals surface area contributed by atoms with E-state index in [0.717, 1.165) is 38.5 Å². The second-order valence-electron chi connectivity index (χ2n) is 5.01. The van der Waals surface area contributed by atoms with Crippen LogP contribution in [0.3, 0.4) is 0 Å². The van der Waals surface area contributed by atoms with E-state index in [1.54, 1.807) is 0 Å². The molecule has 1 saturated carbocycles. The van der Waals surface area contributed by atoms with Crippen molar-refractivity contribution in [1.29, 1.82) is 5.26 Å². The first-order valence-electron chi connectivity index (χ1n) is 6.80. The Morgan fingerprint density at radius 1 is 0.882 bits per heavy atom. The summed E-state index contributed by atoms with van der Waals surface area (Å²) in [5, 5.41) is 13.0. The molecular formula is C13H22N4. The number of nitriles is 1. The molecule has 0 aliphatic heterocycles. The van der Waals surface area contributed by atoms with Crippen LogP contribution in [-0.4, -0.2) is 5.54 Å². The fraction of sp³-hybridized carbons (Fsp3) is 0.923. The van der Waals surface area contributed by atoms with Crippen LogP contribution in [0.4, 0.5) is 0 Å². The molecule has 1 aliphatic carbocycles. The van der Waals surface area contributed by atoms with Crippen LogP contribution < -0.4 is 0 Å². The van der Waals surface area contributed by atoms with E-state index < -0.39 is 5.54 Å². The lowest BCUT2D eigenvalue weighted by Gasteiger charge is -2.21. The Morgan fingerprint density at radius 3 is 1.65 bits per heavy atom. The quantitative estimate of drug-likeness (QED) is 0.362. The van der Waals surface area contributed by atoms with Crippen LogP contribution in [0.15, 0.2) is 5.11 Å². The Hall–Kier alpha value is -1.20. The molecule has 94 valence electrons. The largest absolute Gasteiger partial charge is 0.198 e. The van der Waals surface area contributed by atoms with Crippen molar-refractivity contribution in [2.75, 3.05) is 0 Å². The average molecular weight is 234 g/mol. The van der Waals surface area contributed by atoms with Gasteiger partial charge in [-0.2, -0.15) is 5.26 Å². The third-order valence-corrected chi connectivity index (χ3v) is 3.62. The first-order chi connectivity index (χ1) is 8.33. The molecule has 1 rings (SSSR count). The van der Waals surface area contributed by atoms with Gasteiger partial charge in [0.25, 0.3) is 0 Å². The molecule has 0 amide bonds. The van der Waals surface area contributed by atoms with E-state index in [1.807, 2.05) is 0 Å². The molecule has 0 atom stereocenters. The molecule has 0 radical (unpaired) electrons. The molecule has 0 unspecified atom stereocenters. The zero-order chi connectivity index (χ0) is 12.4. The molecule has 0 aromatic heterocycles. The highest BCUT2D eigenvalue weighted by atomic mass is 15.2. The summed E-state index contributed by atoms with van der Waals surface area (Å²) in [7, 11) is 0. The van der Waals surface area contributed by atoms with E-state index in [1.165, 1.54) is 32.1 Å². The second-order valence-corrected chi connectivity index (χ2v) is 5.01. The summed E-state index contributed by atoms with van der Waals surface area (Å²) in [5.74, 6) is 0. The molecule has 0 spiro atoms. The van der Waals surface area contributed by atoms with E-state index in [4.69, 9.17) is 5.53 Å². The molecule has 0 N–H and O–H groups in total. The van der Waals surface area contributed by atoms with E-state index >= 15 is 0 Å². The molecule has 0 bridgehead atoms. The summed E-state index contributed by atoms with van der Waals surface area (Å²) in [4.78, 5) is 2.87. The van der Waals surface area contributed by atoms with Crippen molar-refractivity contribution in [2.45, 2.75) is 76.2 Å². The molecule has 4 heteroatoms. The van der Waals surface area contributed by atoms with Crippen molar-refractivity contribution < 1.29 is 0 Å². The third-order valence-electron chi connectivity index (χ3n) is 3.62. The van der Waals surface area contributed by atoms with Crippen molar-refractivity contribution in [2.24, 2.45) is 5.11 Å². The third kappa shape index (κ3) is 5.10. The van der Waals surface area contributed by atoms with E-state index in [-0.39, 0.29) is 0 Å². The van der Waals surface area contributed by atoms with E-state index in [2.05, 4.69) is 16.1 Å². The standard InChI is InChI=1S/C13H22N4/c14-12-13(16-17-15)10-8-6-4-2-1-3-5-7-9-11-13/h1-11H2. The molecular weight excluding hydrogens is 212 g/mol.